The lowest BCUT2D eigenvalue weighted by atomic mass is 9.90. The van der Waals surface area contributed by atoms with E-state index in [-0.39, 0.29) is 5.84 Å². The van der Waals surface area contributed by atoms with Gasteiger partial charge in [-0.1, -0.05) is 54.6 Å². The van der Waals surface area contributed by atoms with E-state index in [9.17, 15) is 0 Å². The summed E-state index contributed by atoms with van der Waals surface area (Å²) in [6, 6.07) is 20.3. The summed E-state index contributed by atoms with van der Waals surface area (Å²) in [5.41, 5.74) is 9.80. The normalized spacial score (nSPS) is 13.3. The molecule has 0 aliphatic carbocycles. The van der Waals surface area contributed by atoms with E-state index < -0.39 is 0 Å². The number of hydrogen-bond donors (Lipinski definition) is 2. The second-order valence-electron chi connectivity index (χ2n) is 5.11. The summed E-state index contributed by atoms with van der Waals surface area (Å²) < 4.78 is 0. The van der Waals surface area contributed by atoms with E-state index in [2.05, 4.69) is 29.3 Å². The molecule has 0 unspecified atom stereocenters. The fraction of sp³-hybridized carbons (Fsp3) is 0. The Morgan fingerprint density at radius 3 is 2.38 bits per heavy atom. The third-order valence-electron chi connectivity index (χ3n) is 3.86. The van der Waals surface area contributed by atoms with E-state index in [1.165, 1.54) is 0 Å². The summed E-state index contributed by atoms with van der Waals surface area (Å²) in [6.45, 7) is 0. The highest BCUT2D eigenvalue weighted by atomic mass is 14.9. The van der Waals surface area contributed by atoms with Crippen molar-refractivity contribution in [2.24, 2.45) is 10.7 Å². The van der Waals surface area contributed by atoms with Gasteiger partial charge in [-0.15, -0.1) is 0 Å². The van der Waals surface area contributed by atoms with Gasteiger partial charge in [-0.3, -0.25) is 5.41 Å². The monoisotopic (exact) mass is 271 g/mol. The van der Waals surface area contributed by atoms with Gasteiger partial charge < -0.3 is 5.73 Å². The van der Waals surface area contributed by atoms with Crippen molar-refractivity contribution in [2.75, 3.05) is 0 Å². The van der Waals surface area contributed by atoms with E-state index in [1.807, 2.05) is 36.4 Å². The lowest BCUT2D eigenvalue weighted by Crippen LogP contribution is -2.10. The molecule has 0 saturated carbocycles. The molecule has 3 N–H and O–H groups in total. The van der Waals surface area contributed by atoms with Gasteiger partial charge in [-0.25, -0.2) is 4.99 Å². The van der Waals surface area contributed by atoms with Gasteiger partial charge in [0.05, 0.1) is 0 Å². The Morgan fingerprint density at radius 2 is 1.57 bits per heavy atom. The summed E-state index contributed by atoms with van der Waals surface area (Å²) in [7, 11) is 0. The van der Waals surface area contributed by atoms with Crippen molar-refractivity contribution in [3.8, 4) is 11.1 Å². The highest BCUT2D eigenvalue weighted by Gasteiger charge is 2.24. The summed E-state index contributed by atoms with van der Waals surface area (Å²) in [5, 5.41) is 10.4. The van der Waals surface area contributed by atoms with Crippen LogP contribution in [0.25, 0.3) is 21.9 Å². The van der Waals surface area contributed by atoms with E-state index in [1.54, 1.807) is 0 Å². The Kier molecular flexibility index (Phi) is 2.42. The molecule has 0 fully saturated rings. The quantitative estimate of drug-likeness (QED) is 0.698. The van der Waals surface area contributed by atoms with Gasteiger partial charge in [0.15, 0.2) is 5.84 Å². The number of rotatable bonds is 1. The van der Waals surface area contributed by atoms with Crippen molar-refractivity contribution in [3.63, 3.8) is 0 Å². The molecule has 1 aliphatic heterocycles. The Hall–Kier alpha value is -2.94. The molecule has 0 aromatic heterocycles. The van der Waals surface area contributed by atoms with E-state index in [4.69, 9.17) is 11.1 Å². The molecule has 0 saturated heterocycles. The number of amidine groups is 2. The zero-order chi connectivity index (χ0) is 14.4. The van der Waals surface area contributed by atoms with E-state index >= 15 is 0 Å². The van der Waals surface area contributed by atoms with Gasteiger partial charge in [0.25, 0.3) is 0 Å². The van der Waals surface area contributed by atoms with Crippen molar-refractivity contribution in [1.29, 1.82) is 5.41 Å². The number of aliphatic imine (C=N–C) groups is 1. The molecule has 3 aromatic carbocycles. The molecule has 0 radical (unpaired) electrons. The fourth-order valence-electron chi connectivity index (χ4n) is 2.94. The fourth-order valence-corrected chi connectivity index (χ4v) is 2.94. The highest BCUT2D eigenvalue weighted by molar-refractivity contribution is 6.26. The molecule has 3 heteroatoms. The first-order valence-corrected chi connectivity index (χ1v) is 6.80. The predicted octanol–water partition coefficient (Wildman–Crippen LogP) is 3.55. The summed E-state index contributed by atoms with van der Waals surface area (Å²) >= 11 is 0. The molecule has 1 heterocycles. The van der Waals surface area contributed by atoms with Crippen LogP contribution >= 0.6 is 0 Å². The van der Waals surface area contributed by atoms with E-state index in [0.29, 0.717) is 5.84 Å². The van der Waals surface area contributed by atoms with Crippen LogP contribution in [0.15, 0.2) is 65.7 Å². The molecule has 0 bridgehead atoms. The van der Waals surface area contributed by atoms with Crippen LogP contribution < -0.4 is 5.73 Å². The van der Waals surface area contributed by atoms with Crippen LogP contribution in [0.3, 0.4) is 0 Å². The van der Waals surface area contributed by atoms with Crippen molar-refractivity contribution in [3.05, 3.63) is 71.8 Å². The molecule has 1 aliphatic rings. The maximum atomic E-state index is 8.16. The molecule has 3 aromatic rings. The number of benzene rings is 3. The molecule has 4 rings (SSSR count). The maximum absolute atomic E-state index is 8.16. The van der Waals surface area contributed by atoms with Gasteiger partial charge in [-0.05, 0) is 22.4 Å². The van der Waals surface area contributed by atoms with Crippen molar-refractivity contribution < 1.29 is 0 Å². The number of hydrogen-bond acceptors (Lipinski definition) is 2. The third-order valence-corrected chi connectivity index (χ3v) is 3.86. The predicted molar refractivity (Wildman–Crippen MR) is 86.9 cm³/mol. The number of nitrogens with two attached hydrogens (primary N) is 1. The summed E-state index contributed by atoms with van der Waals surface area (Å²) in [6.07, 6.45) is 0. The molecular formula is C18H13N3. The zero-order valence-corrected chi connectivity index (χ0v) is 11.3. The first kappa shape index (κ1) is 11.9. The van der Waals surface area contributed by atoms with Gasteiger partial charge in [0.1, 0.15) is 5.84 Å². The summed E-state index contributed by atoms with van der Waals surface area (Å²) in [4.78, 5) is 4.14. The van der Waals surface area contributed by atoms with Crippen LogP contribution in [0.2, 0.25) is 0 Å². The number of nitrogens with zero attached hydrogens (tertiary/aromatic N) is 1. The lowest BCUT2D eigenvalue weighted by molar-refractivity contribution is 1.45. The first-order valence-electron chi connectivity index (χ1n) is 6.80. The minimum absolute atomic E-state index is 0.243. The second kappa shape index (κ2) is 4.28. The minimum Gasteiger partial charge on any atom is -0.383 e. The SMILES string of the molecule is N=C1N=C(N)c2cc3ccccc3c(-c3ccccc3)c21. The standard InChI is InChI=1S/C18H13N3/c19-17-14-10-12-8-4-5-9-13(12)15(16(14)18(20)21-17)11-6-2-1-3-7-11/h1-10H,(H3,19,20,21). The van der Waals surface area contributed by atoms with Gasteiger partial charge in [-0.2, -0.15) is 0 Å². The Bertz CT molecular complexity index is 908. The topological polar surface area (TPSA) is 62.2 Å². The van der Waals surface area contributed by atoms with Crippen molar-refractivity contribution in [2.45, 2.75) is 0 Å². The average molecular weight is 271 g/mol. The van der Waals surface area contributed by atoms with Gasteiger partial charge >= 0.3 is 0 Å². The number of fused-ring (bicyclic) bond motifs is 2. The van der Waals surface area contributed by atoms with Gasteiger partial charge in [0.2, 0.25) is 0 Å². The highest BCUT2D eigenvalue weighted by Crippen LogP contribution is 2.36. The maximum Gasteiger partial charge on any atom is 0.155 e. The van der Waals surface area contributed by atoms with Gasteiger partial charge in [0, 0.05) is 16.7 Å². The molecule has 0 amide bonds. The first-order chi connectivity index (χ1) is 10.3. The van der Waals surface area contributed by atoms with Crippen LogP contribution in [0.5, 0.6) is 0 Å². The van der Waals surface area contributed by atoms with Crippen LogP contribution in [0, 0.1) is 5.41 Å². The molecule has 100 valence electrons. The smallest absolute Gasteiger partial charge is 0.155 e. The van der Waals surface area contributed by atoms with Crippen LogP contribution in [0.4, 0.5) is 0 Å². The van der Waals surface area contributed by atoms with E-state index in [0.717, 1.165) is 33.0 Å². The Morgan fingerprint density at radius 1 is 0.857 bits per heavy atom. The molecule has 0 spiro atoms. The summed E-state index contributed by atoms with van der Waals surface area (Å²) in [5.74, 6) is 0.671. The van der Waals surface area contributed by atoms with Crippen LogP contribution in [0.1, 0.15) is 11.1 Å². The molecule has 0 atom stereocenters. The zero-order valence-electron chi connectivity index (χ0n) is 11.3. The molecular weight excluding hydrogens is 258 g/mol. The largest absolute Gasteiger partial charge is 0.383 e. The Balaban J connectivity index is 2.19. The lowest BCUT2D eigenvalue weighted by Gasteiger charge is -2.13. The number of nitrogens with one attached hydrogen (secondary N) is 1. The van der Waals surface area contributed by atoms with Crippen LogP contribution in [-0.2, 0) is 0 Å². The van der Waals surface area contributed by atoms with Crippen molar-refractivity contribution >= 4 is 22.4 Å². The second-order valence-corrected chi connectivity index (χ2v) is 5.11. The van der Waals surface area contributed by atoms with Crippen molar-refractivity contribution in [1.82, 2.24) is 0 Å². The average Bonchev–Trinajstić information content (AvgIpc) is 2.80. The Labute approximate surface area is 122 Å². The molecule has 3 nitrogen and oxygen atoms in total. The molecule has 21 heavy (non-hydrogen) atoms. The van der Waals surface area contributed by atoms with Crippen LogP contribution in [-0.4, -0.2) is 11.7 Å². The minimum atomic E-state index is 0.243. The third kappa shape index (κ3) is 1.68.